The maximum Gasteiger partial charge on any atom is 0.407 e. The molecule has 2 atom stereocenters. The van der Waals surface area contributed by atoms with Gasteiger partial charge in [0, 0.05) is 32.6 Å². The van der Waals surface area contributed by atoms with E-state index in [4.69, 9.17) is 5.11 Å². The summed E-state index contributed by atoms with van der Waals surface area (Å²) < 4.78 is 0. The molecule has 2 N–H and O–H groups in total. The number of aliphatic hydroxyl groups excluding tert-OH is 1. The van der Waals surface area contributed by atoms with Gasteiger partial charge in [0.05, 0.1) is 12.1 Å². The molecule has 0 aromatic heterocycles. The summed E-state index contributed by atoms with van der Waals surface area (Å²) in [5.41, 5.74) is 2.40. The summed E-state index contributed by atoms with van der Waals surface area (Å²) in [4.78, 5) is 14.5. The van der Waals surface area contributed by atoms with Crippen molar-refractivity contribution < 1.29 is 15.0 Å². The summed E-state index contributed by atoms with van der Waals surface area (Å²) in [7, 11) is 0. The molecule has 102 valence electrons. The molecule has 0 saturated carbocycles. The van der Waals surface area contributed by atoms with E-state index < -0.39 is 6.09 Å². The number of hydrogen-bond donors (Lipinski definition) is 2. The molecule has 2 unspecified atom stereocenters. The summed E-state index contributed by atoms with van der Waals surface area (Å²) in [5.74, 6) is 0. The molecule has 19 heavy (non-hydrogen) atoms. The zero-order valence-corrected chi connectivity index (χ0v) is 10.7. The highest BCUT2D eigenvalue weighted by molar-refractivity contribution is 5.65. The molecule has 1 amide bonds. The Bertz CT molecular complexity index is 483. The number of carbonyl (C=O) groups is 1. The van der Waals surface area contributed by atoms with Gasteiger partial charge < -0.3 is 15.1 Å². The molecule has 0 spiro atoms. The minimum atomic E-state index is -0.855. The van der Waals surface area contributed by atoms with E-state index in [1.807, 2.05) is 12.1 Å². The van der Waals surface area contributed by atoms with Gasteiger partial charge in [-0.15, -0.1) is 0 Å². The van der Waals surface area contributed by atoms with Crippen LogP contribution in [0.2, 0.25) is 0 Å². The second kappa shape index (κ2) is 4.83. The molecule has 2 aliphatic rings. The van der Waals surface area contributed by atoms with Crippen LogP contribution in [0.15, 0.2) is 24.3 Å². The van der Waals surface area contributed by atoms with E-state index in [0.717, 1.165) is 0 Å². The summed E-state index contributed by atoms with van der Waals surface area (Å²) in [6.45, 7) is 2.40. The molecular formula is C14H18N2O3. The van der Waals surface area contributed by atoms with E-state index in [-0.39, 0.29) is 12.1 Å². The number of rotatable bonds is 1. The molecular weight excluding hydrogens is 244 g/mol. The fraction of sp³-hybridized carbons (Fsp3) is 0.500. The lowest BCUT2D eigenvalue weighted by atomic mass is 10.1. The highest BCUT2D eigenvalue weighted by Crippen LogP contribution is 2.36. The van der Waals surface area contributed by atoms with Crippen molar-refractivity contribution in [1.82, 2.24) is 9.80 Å². The molecule has 3 rings (SSSR count). The minimum Gasteiger partial charge on any atom is -0.465 e. The molecule has 1 aromatic carbocycles. The van der Waals surface area contributed by atoms with Gasteiger partial charge in [-0.1, -0.05) is 24.3 Å². The van der Waals surface area contributed by atoms with Gasteiger partial charge in [-0.3, -0.25) is 4.90 Å². The van der Waals surface area contributed by atoms with Crippen LogP contribution in [-0.2, 0) is 6.42 Å². The Balaban J connectivity index is 1.75. The standard InChI is InChI=1S/C14H18N2O3/c17-12-9-10-3-1-2-4-11(10)13(12)15-5-7-16(8-6-15)14(18)19/h1-4,12-13,17H,5-9H2,(H,18,19). The molecule has 5 nitrogen and oxygen atoms in total. The minimum absolute atomic E-state index is 0.0205. The second-order valence-electron chi connectivity index (χ2n) is 5.22. The van der Waals surface area contributed by atoms with Crippen molar-refractivity contribution in [3.8, 4) is 0 Å². The predicted molar refractivity (Wildman–Crippen MR) is 70.1 cm³/mol. The van der Waals surface area contributed by atoms with Crippen LogP contribution in [0.4, 0.5) is 4.79 Å². The van der Waals surface area contributed by atoms with E-state index in [1.54, 1.807) is 0 Å². The van der Waals surface area contributed by atoms with Crippen LogP contribution < -0.4 is 0 Å². The van der Waals surface area contributed by atoms with E-state index in [0.29, 0.717) is 32.6 Å². The second-order valence-corrected chi connectivity index (χ2v) is 5.22. The van der Waals surface area contributed by atoms with Crippen LogP contribution in [-0.4, -0.2) is 58.4 Å². The summed E-state index contributed by atoms with van der Waals surface area (Å²) >= 11 is 0. The van der Waals surface area contributed by atoms with Gasteiger partial charge >= 0.3 is 6.09 Å². The Hall–Kier alpha value is -1.59. The first-order valence-corrected chi connectivity index (χ1v) is 6.64. The van der Waals surface area contributed by atoms with Crippen LogP contribution in [0.5, 0.6) is 0 Å². The highest BCUT2D eigenvalue weighted by atomic mass is 16.4. The molecule has 1 aliphatic carbocycles. The van der Waals surface area contributed by atoms with Gasteiger partial charge in [-0.05, 0) is 11.1 Å². The number of hydrogen-bond acceptors (Lipinski definition) is 3. The van der Waals surface area contributed by atoms with Crippen molar-refractivity contribution in [2.24, 2.45) is 0 Å². The van der Waals surface area contributed by atoms with Crippen molar-refractivity contribution in [3.63, 3.8) is 0 Å². The quantitative estimate of drug-likeness (QED) is 0.790. The topological polar surface area (TPSA) is 64.0 Å². The lowest BCUT2D eigenvalue weighted by molar-refractivity contribution is 0.0293. The highest BCUT2D eigenvalue weighted by Gasteiger charge is 2.36. The smallest absolute Gasteiger partial charge is 0.407 e. The molecule has 1 aromatic rings. The van der Waals surface area contributed by atoms with Crippen molar-refractivity contribution in [1.29, 1.82) is 0 Å². The zero-order valence-electron chi connectivity index (χ0n) is 10.7. The van der Waals surface area contributed by atoms with Gasteiger partial charge in [-0.25, -0.2) is 4.79 Å². The fourth-order valence-electron chi connectivity index (χ4n) is 3.18. The Kier molecular flexibility index (Phi) is 3.16. The Labute approximate surface area is 112 Å². The van der Waals surface area contributed by atoms with E-state index in [2.05, 4.69) is 17.0 Å². The molecule has 0 radical (unpaired) electrons. The molecule has 0 bridgehead atoms. The predicted octanol–water partition coefficient (Wildman–Crippen LogP) is 0.940. The first-order chi connectivity index (χ1) is 9.16. The van der Waals surface area contributed by atoms with Crippen LogP contribution in [0.25, 0.3) is 0 Å². The molecule has 1 heterocycles. The largest absolute Gasteiger partial charge is 0.465 e. The van der Waals surface area contributed by atoms with Gasteiger partial charge in [-0.2, -0.15) is 0 Å². The number of amides is 1. The maximum atomic E-state index is 10.9. The van der Waals surface area contributed by atoms with Crippen LogP contribution >= 0.6 is 0 Å². The van der Waals surface area contributed by atoms with Gasteiger partial charge in [0.25, 0.3) is 0 Å². The van der Waals surface area contributed by atoms with Crippen LogP contribution in [0.3, 0.4) is 0 Å². The molecule has 1 saturated heterocycles. The van der Waals surface area contributed by atoms with E-state index in [9.17, 15) is 9.90 Å². The Morgan fingerprint density at radius 2 is 1.84 bits per heavy atom. The third kappa shape index (κ3) is 2.19. The first-order valence-electron chi connectivity index (χ1n) is 6.64. The van der Waals surface area contributed by atoms with Gasteiger partial charge in [0.15, 0.2) is 0 Å². The monoisotopic (exact) mass is 262 g/mol. The van der Waals surface area contributed by atoms with Crippen LogP contribution in [0.1, 0.15) is 17.2 Å². The van der Waals surface area contributed by atoms with Crippen LogP contribution in [0, 0.1) is 0 Å². The van der Waals surface area contributed by atoms with Crippen molar-refractivity contribution in [3.05, 3.63) is 35.4 Å². The third-order valence-corrected chi connectivity index (χ3v) is 4.15. The normalized spacial score (nSPS) is 27.3. The average Bonchev–Trinajstić information content (AvgIpc) is 2.74. The Morgan fingerprint density at radius 3 is 2.53 bits per heavy atom. The summed E-state index contributed by atoms with van der Waals surface area (Å²) in [6, 6.07) is 8.15. The fourth-order valence-corrected chi connectivity index (χ4v) is 3.18. The average molecular weight is 262 g/mol. The van der Waals surface area contributed by atoms with E-state index in [1.165, 1.54) is 16.0 Å². The first kappa shape index (κ1) is 12.4. The number of aliphatic hydroxyl groups is 1. The molecule has 1 aliphatic heterocycles. The number of benzene rings is 1. The summed E-state index contributed by atoms with van der Waals surface area (Å²) in [5, 5.41) is 19.2. The van der Waals surface area contributed by atoms with Crippen molar-refractivity contribution in [2.45, 2.75) is 18.6 Å². The van der Waals surface area contributed by atoms with Gasteiger partial charge in [0.2, 0.25) is 0 Å². The Morgan fingerprint density at radius 1 is 1.16 bits per heavy atom. The molecule has 5 heteroatoms. The number of nitrogens with zero attached hydrogens (tertiary/aromatic N) is 2. The van der Waals surface area contributed by atoms with Crippen molar-refractivity contribution >= 4 is 6.09 Å². The lowest BCUT2D eigenvalue weighted by Gasteiger charge is -2.38. The van der Waals surface area contributed by atoms with Crippen molar-refractivity contribution in [2.75, 3.05) is 26.2 Å². The maximum absolute atomic E-state index is 10.9. The van der Waals surface area contributed by atoms with Gasteiger partial charge in [0.1, 0.15) is 0 Å². The lowest BCUT2D eigenvalue weighted by Crippen LogP contribution is -2.50. The van der Waals surface area contributed by atoms with E-state index >= 15 is 0 Å². The molecule has 1 fully saturated rings. The number of piperazine rings is 1. The number of carboxylic acid groups (broad SMARTS) is 1. The zero-order chi connectivity index (χ0) is 13.4. The summed E-state index contributed by atoms with van der Waals surface area (Å²) in [6.07, 6.45) is -0.541. The third-order valence-electron chi connectivity index (χ3n) is 4.15. The SMILES string of the molecule is O=C(O)N1CCN(C2c3ccccc3CC2O)CC1. The number of fused-ring (bicyclic) bond motifs is 1.